The lowest BCUT2D eigenvalue weighted by molar-refractivity contribution is -0.170. The first kappa shape index (κ1) is 12.8. The molecule has 0 bridgehead atoms. The highest BCUT2D eigenvalue weighted by molar-refractivity contribution is 5.82. The highest BCUT2D eigenvalue weighted by atomic mass is 19.1. The molecule has 1 aliphatic rings. The molecule has 1 saturated carbocycles. The second-order valence-corrected chi connectivity index (χ2v) is 4.32. The molecule has 1 amide bonds. The van der Waals surface area contributed by atoms with Crippen molar-refractivity contribution in [2.45, 2.75) is 12.3 Å². The largest absolute Gasteiger partial charge is 0.496 e. The number of rotatable bonds is 4. The third-order valence-electron chi connectivity index (χ3n) is 3.30. The van der Waals surface area contributed by atoms with E-state index in [0.717, 1.165) is 0 Å². The minimum Gasteiger partial charge on any atom is -0.496 e. The van der Waals surface area contributed by atoms with E-state index in [0.29, 0.717) is 17.7 Å². The Morgan fingerprint density at radius 2 is 2.17 bits per heavy atom. The van der Waals surface area contributed by atoms with Crippen molar-refractivity contribution in [3.63, 3.8) is 0 Å². The molecule has 0 saturated heterocycles. The van der Waals surface area contributed by atoms with Crippen molar-refractivity contribution < 1.29 is 18.8 Å². The van der Waals surface area contributed by atoms with Gasteiger partial charge in [-0.15, -0.1) is 0 Å². The molecule has 18 heavy (non-hydrogen) atoms. The van der Waals surface area contributed by atoms with Crippen LogP contribution in [-0.2, 0) is 9.63 Å². The van der Waals surface area contributed by atoms with E-state index >= 15 is 0 Å². The van der Waals surface area contributed by atoms with Crippen LogP contribution in [0.15, 0.2) is 18.2 Å². The van der Waals surface area contributed by atoms with Gasteiger partial charge < -0.3 is 4.74 Å². The van der Waals surface area contributed by atoms with Gasteiger partial charge in [0.15, 0.2) is 0 Å². The zero-order chi connectivity index (χ0) is 13.3. The fourth-order valence-corrected chi connectivity index (χ4v) is 2.17. The zero-order valence-electron chi connectivity index (χ0n) is 10.6. The predicted octanol–water partition coefficient (Wildman–Crippen LogP) is 1.96. The topological polar surface area (TPSA) is 38.8 Å². The number of methoxy groups -OCH3 is 1. The van der Waals surface area contributed by atoms with Gasteiger partial charge in [-0.1, -0.05) is 6.07 Å². The van der Waals surface area contributed by atoms with E-state index in [1.165, 1.54) is 25.3 Å². The van der Waals surface area contributed by atoms with E-state index in [4.69, 9.17) is 9.57 Å². The van der Waals surface area contributed by atoms with Gasteiger partial charge in [0.05, 0.1) is 14.2 Å². The number of amides is 1. The average Bonchev–Trinajstić information content (AvgIpc) is 3.16. The van der Waals surface area contributed by atoms with Crippen molar-refractivity contribution in [3.8, 4) is 5.75 Å². The molecule has 98 valence electrons. The van der Waals surface area contributed by atoms with E-state index in [1.54, 1.807) is 19.2 Å². The summed E-state index contributed by atoms with van der Waals surface area (Å²) in [6.45, 7) is 0. The van der Waals surface area contributed by atoms with E-state index in [1.807, 2.05) is 0 Å². The smallest absolute Gasteiger partial charge is 0.249 e. The van der Waals surface area contributed by atoms with Crippen LogP contribution in [0.3, 0.4) is 0 Å². The van der Waals surface area contributed by atoms with Gasteiger partial charge >= 0.3 is 0 Å². The average molecular weight is 253 g/mol. The summed E-state index contributed by atoms with van der Waals surface area (Å²) in [4.78, 5) is 16.7. The summed E-state index contributed by atoms with van der Waals surface area (Å²) in [7, 11) is 4.48. The van der Waals surface area contributed by atoms with Crippen molar-refractivity contribution in [2.24, 2.45) is 5.92 Å². The van der Waals surface area contributed by atoms with Crippen LogP contribution < -0.4 is 4.74 Å². The maximum atomic E-state index is 13.8. The molecule has 1 aliphatic carbocycles. The highest BCUT2D eigenvalue weighted by Gasteiger charge is 2.48. The summed E-state index contributed by atoms with van der Waals surface area (Å²) >= 11 is 0. The molecule has 0 N–H and O–H groups in total. The molecule has 5 heteroatoms. The molecule has 0 unspecified atom stereocenters. The van der Waals surface area contributed by atoms with Crippen LogP contribution in [0.5, 0.6) is 5.75 Å². The summed E-state index contributed by atoms with van der Waals surface area (Å²) < 4.78 is 19.0. The maximum Gasteiger partial charge on any atom is 0.249 e. The first-order valence-electron chi connectivity index (χ1n) is 5.74. The SMILES string of the molecule is COc1cccc(F)c1[C@@H]1C[C@H]1C(=O)N(C)OC. The number of carbonyl (C=O) groups excluding carboxylic acids is 1. The van der Waals surface area contributed by atoms with E-state index < -0.39 is 0 Å². The molecule has 1 aromatic carbocycles. The van der Waals surface area contributed by atoms with Crippen LogP contribution in [0, 0.1) is 11.7 Å². The fraction of sp³-hybridized carbons (Fsp3) is 0.462. The van der Waals surface area contributed by atoms with Crippen molar-refractivity contribution in [1.82, 2.24) is 5.06 Å². The lowest BCUT2D eigenvalue weighted by Gasteiger charge is -2.14. The Kier molecular flexibility index (Phi) is 3.52. The maximum absolute atomic E-state index is 13.8. The minimum atomic E-state index is -0.324. The van der Waals surface area contributed by atoms with E-state index in [9.17, 15) is 9.18 Å². The van der Waals surface area contributed by atoms with Gasteiger partial charge in [0, 0.05) is 24.4 Å². The van der Waals surface area contributed by atoms with E-state index in [-0.39, 0.29) is 23.6 Å². The van der Waals surface area contributed by atoms with Crippen LogP contribution in [-0.4, -0.2) is 32.2 Å². The van der Waals surface area contributed by atoms with Gasteiger partial charge in [-0.25, -0.2) is 9.45 Å². The van der Waals surface area contributed by atoms with Gasteiger partial charge in [-0.3, -0.25) is 9.63 Å². The summed E-state index contributed by atoms with van der Waals surface area (Å²) in [6.07, 6.45) is 0.629. The molecule has 4 nitrogen and oxygen atoms in total. The second kappa shape index (κ2) is 4.94. The molecule has 2 atom stereocenters. The normalized spacial score (nSPS) is 21.6. The van der Waals surface area contributed by atoms with Gasteiger partial charge in [0.1, 0.15) is 11.6 Å². The minimum absolute atomic E-state index is 0.119. The molecule has 1 fully saturated rings. The quantitative estimate of drug-likeness (QED) is 0.770. The van der Waals surface area contributed by atoms with Gasteiger partial charge in [0.2, 0.25) is 5.91 Å². The Balaban J connectivity index is 2.19. The van der Waals surface area contributed by atoms with Gasteiger partial charge in [0.25, 0.3) is 0 Å². The van der Waals surface area contributed by atoms with Crippen LogP contribution in [0.1, 0.15) is 17.9 Å². The molecule has 0 spiro atoms. The lowest BCUT2D eigenvalue weighted by atomic mass is 10.1. The Hall–Kier alpha value is -1.62. The molecule has 0 radical (unpaired) electrons. The third kappa shape index (κ3) is 2.18. The predicted molar refractivity (Wildman–Crippen MR) is 63.6 cm³/mol. The van der Waals surface area contributed by atoms with Crippen molar-refractivity contribution in [3.05, 3.63) is 29.6 Å². The Labute approximate surface area is 105 Å². The number of hydrogen-bond donors (Lipinski definition) is 0. The van der Waals surface area contributed by atoms with Crippen LogP contribution in [0.4, 0.5) is 4.39 Å². The molecule has 0 aliphatic heterocycles. The van der Waals surface area contributed by atoms with Gasteiger partial charge in [-0.05, 0) is 18.6 Å². The number of ether oxygens (including phenoxy) is 1. The number of halogens is 1. The number of benzene rings is 1. The van der Waals surface area contributed by atoms with Crippen LogP contribution in [0.2, 0.25) is 0 Å². The molecule has 2 rings (SSSR count). The first-order valence-corrected chi connectivity index (χ1v) is 5.74. The van der Waals surface area contributed by atoms with E-state index in [2.05, 4.69) is 0 Å². The monoisotopic (exact) mass is 253 g/mol. The van der Waals surface area contributed by atoms with Crippen LogP contribution in [0.25, 0.3) is 0 Å². The second-order valence-electron chi connectivity index (χ2n) is 4.32. The Morgan fingerprint density at radius 3 is 2.78 bits per heavy atom. The standard InChI is InChI=1S/C13H16FNO3/c1-15(18-3)13(16)9-7-8(9)12-10(14)5-4-6-11(12)17-2/h4-6,8-9H,7H2,1-3H3/t8-,9-/m1/s1. The summed E-state index contributed by atoms with van der Waals surface area (Å²) in [5, 5.41) is 1.18. The van der Waals surface area contributed by atoms with Crippen LogP contribution >= 0.6 is 0 Å². The first-order chi connectivity index (χ1) is 8.60. The molecule has 0 heterocycles. The number of hydroxylamine groups is 2. The zero-order valence-corrected chi connectivity index (χ0v) is 10.6. The number of carbonyl (C=O) groups is 1. The Morgan fingerprint density at radius 1 is 1.44 bits per heavy atom. The highest BCUT2D eigenvalue weighted by Crippen LogP contribution is 2.51. The third-order valence-corrected chi connectivity index (χ3v) is 3.30. The fourth-order valence-electron chi connectivity index (χ4n) is 2.17. The summed E-state index contributed by atoms with van der Waals surface area (Å²) in [5.74, 6) is -0.301. The summed E-state index contributed by atoms with van der Waals surface area (Å²) in [5.41, 5.74) is 0.489. The van der Waals surface area contributed by atoms with Gasteiger partial charge in [-0.2, -0.15) is 0 Å². The number of hydrogen-bond acceptors (Lipinski definition) is 3. The summed E-state index contributed by atoms with van der Waals surface area (Å²) in [6, 6.07) is 4.69. The molecular formula is C13H16FNO3. The van der Waals surface area contributed by atoms with Crippen molar-refractivity contribution >= 4 is 5.91 Å². The number of nitrogens with zero attached hydrogens (tertiary/aromatic N) is 1. The molecule has 1 aromatic rings. The van der Waals surface area contributed by atoms with Crippen molar-refractivity contribution in [1.29, 1.82) is 0 Å². The van der Waals surface area contributed by atoms with Crippen molar-refractivity contribution in [2.75, 3.05) is 21.3 Å². The molecule has 0 aromatic heterocycles. The Bertz CT molecular complexity index is 464. The molecular weight excluding hydrogens is 237 g/mol. The lowest BCUT2D eigenvalue weighted by Crippen LogP contribution is -2.27.